The van der Waals surface area contributed by atoms with E-state index in [1.54, 1.807) is 12.1 Å². The molecule has 1 atom stereocenters. The maximum Gasteiger partial charge on any atom is 0.255 e. The Hall–Kier alpha value is -1.50. The summed E-state index contributed by atoms with van der Waals surface area (Å²) in [6, 6.07) is 3.47. The number of primary amides is 1. The molecule has 0 radical (unpaired) electrons. The SMILES string of the molecule is CCC(O)CNCc1cc(Cl)c(OCC(N)=O)c(OC)c1. The Balaban J connectivity index is 2.75. The maximum atomic E-state index is 10.8. The first kappa shape index (κ1) is 17.6. The first-order valence-corrected chi connectivity index (χ1v) is 7.02. The van der Waals surface area contributed by atoms with E-state index >= 15 is 0 Å². The average Bonchev–Trinajstić information content (AvgIpc) is 2.45. The monoisotopic (exact) mass is 316 g/mol. The molecule has 0 heterocycles. The van der Waals surface area contributed by atoms with Gasteiger partial charge in [-0.05, 0) is 24.1 Å². The summed E-state index contributed by atoms with van der Waals surface area (Å²) in [7, 11) is 1.49. The van der Waals surface area contributed by atoms with E-state index in [0.717, 1.165) is 5.56 Å². The lowest BCUT2D eigenvalue weighted by atomic mass is 10.2. The van der Waals surface area contributed by atoms with Gasteiger partial charge >= 0.3 is 0 Å². The van der Waals surface area contributed by atoms with Gasteiger partial charge in [-0.15, -0.1) is 0 Å². The summed E-state index contributed by atoms with van der Waals surface area (Å²) in [5.74, 6) is 0.124. The van der Waals surface area contributed by atoms with Crippen molar-refractivity contribution in [2.45, 2.75) is 26.0 Å². The molecule has 0 aliphatic carbocycles. The van der Waals surface area contributed by atoms with E-state index in [-0.39, 0.29) is 18.5 Å². The summed E-state index contributed by atoms with van der Waals surface area (Å²) in [5.41, 5.74) is 5.92. The van der Waals surface area contributed by atoms with Gasteiger partial charge in [-0.2, -0.15) is 0 Å². The van der Waals surface area contributed by atoms with Crippen LogP contribution in [-0.4, -0.2) is 37.4 Å². The van der Waals surface area contributed by atoms with Gasteiger partial charge in [0.2, 0.25) is 0 Å². The number of amides is 1. The van der Waals surface area contributed by atoms with Gasteiger partial charge < -0.3 is 25.6 Å². The second kappa shape index (κ2) is 8.71. The number of aliphatic hydroxyl groups excluding tert-OH is 1. The van der Waals surface area contributed by atoms with Crippen LogP contribution in [0.5, 0.6) is 11.5 Å². The second-order valence-electron chi connectivity index (χ2n) is 4.56. The Bertz CT molecular complexity index is 482. The number of nitrogens with two attached hydrogens (primary N) is 1. The average molecular weight is 317 g/mol. The lowest BCUT2D eigenvalue weighted by Crippen LogP contribution is -2.25. The van der Waals surface area contributed by atoms with E-state index in [2.05, 4.69) is 5.32 Å². The van der Waals surface area contributed by atoms with Crippen LogP contribution in [0.25, 0.3) is 0 Å². The molecular formula is C14H21ClN2O4. The van der Waals surface area contributed by atoms with Crippen LogP contribution in [0.15, 0.2) is 12.1 Å². The van der Waals surface area contributed by atoms with Crippen molar-refractivity contribution in [2.75, 3.05) is 20.3 Å². The zero-order valence-electron chi connectivity index (χ0n) is 12.2. The largest absolute Gasteiger partial charge is 0.493 e. The molecule has 7 heteroatoms. The fourth-order valence-electron chi connectivity index (χ4n) is 1.69. The van der Waals surface area contributed by atoms with Crippen molar-refractivity contribution < 1.29 is 19.4 Å². The molecule has 1 aromatic rings. The molecule has 0 saturated carbocycles. The molecule has 0 spiro atoms. The lowest BCUT2D eigenvalue weighted by molar-refractivity contribution is -0.119. The molecule has 1 aromatic carbocycles. The number of carbonyl (C=O) groups is 1. The molecule has 1 unspecified atom stereocenters. The maximum absolute atomic E-state index is 10.8. The van der Waals surface area contributed by atoms with Crippen molar-refractivity contribution in [3.8, 4) is 11.5 Å². The van der Waals surface area contributed by atoms with Gasteiger partial charge in [0.05, 0.1) is 18.2 Å². The van der Waals surface area contributed by atoms with Gasteiger partial charge in [-0.1, -0.05) is 18.5 Å². The van der Waals surface area contributed by atoms with E-state index in [9.17, 15) is 9.90 Å². The van der Waals surface area contributed by atoms with Crippen LogP contribution < -0.4 is 20.5 Å². The smallest absolute Gasteiger partial charge is 0.255 e. The van der Waals surface area contributed by atoms with Crippen molar-refractivity contribution >= 4 is 17.5 Å². The van der Waals surface area contributed by atoms with Gasteiger partial charge in [0, 0.05) is 13.1 Å². The highest BCUT2D eigenvalue weighted by molar-refractivity contribution is 6.32. The number of methoxy groups -OCH3 is 1. The Morgan fingerprint density at radius 2 is 2.24 bits per heavy atom. The molecule has 6 nitrogen and oxygen atoms in total. The number of rotatable bonds is 9. The predicted octanol–water partition coefficient (Wildman–Crippen LogP) is 1.07. The highest BCUT2D eigenvalue weighted by Gasteiger charge is 2.13. The molecule has 0 aliphatic heterocycles. The third-order valence-corrected chi connectivity index (χ3v) is 3.11. The number of ether oxygens (including phenoxy) is 2. The van der Waals surface area contributed by atoms with Gasteiger partial charge in [-0.25, -0.2) is 0 Å². The van der Waals surface area contributed by atoms with Crippen LogP contribution in [0.4, 0.5) is 0 Å². The standard InChI is InChI=1S/C14H21ClN2O4/c1-3-10(18)7-17-6-9-4-11(15)14(12(5-9)20-2)21-8-13(16)19/h4-5,10,17-18H,3,6-8H2,1-2H3,(H2,16,19). The molecule has 0 fully saturated rings. The van der Waals surface area contributed by atoms with Crippen LogP contribution in [0.3, 0.4) is 0 Å². The Kier molecular flexibility index (Phi) is 7.28. The van der Waals surface area contributed by atoms with Gasteiger partial charge in [0.1, 0.15) is 0 Å². The molecule has 4 N–H and O–H groups in total. The van der Waals surface area contributed by atoms with E-state index < -0.39 is 5.91 Å². The van der Waals surface area contributed by atoms with Gasteiger partial charge in [-0.3, -0.25) is 4.79 Å². The molecule has 1 rings (SSSR count). The van der Waals surface area contributed by atoms with Crippen molar-refractivity contribution in [2.24, 2.45) is 5.73 Å². The quantitative estimate of drug-likeness (QED) is 0.633. The Morgan fingerprint density at radius 1 is 1.52 bits per heavy atom. The zero-order chi connectivity index (χ0) is 15.8. The van der Waals surface area contributed by atoms with E-state index in [0.29, 0.717) is 30.3 Å². The van der Waals surface area contributed by atoms with Crippen LogP contribution in [0.2, 0.25) is 5.02 Å². The van der Waals surface area contributed by atoms with Gasteiger partial charge in [0.25, 0.3) is 5.91 Å². The van der Waals surface area contributed by atoms with Crippen molar-refractivity contribution in [1.29, 1.82) is 0 Å². The highest BCUT2D eigenvalue weighted by Crippen LogP contribution is 2.36. The number of hydrogen-bond donors (Lipinski definition) is 3. The van der Waals surface area contributed by atoms with Crippen molar-refractivity contribution in [3.63, 3.8) is 0 Å². The van der Waals surface area contributed by atoms with Gasteiger partial charge in [0.15, 0.2) is 18.1 Å². The van der Waals surface area contributed by atoms with Crippen molar-refractivity contribution in [1.82, 2.24) is 5.32 Å². The van der Waals surface area contributed by atoms with Crippen LogP contribution in [0.1, 0.15) is 18.9 Å². The minimum atomic E-state index is -0.590. The summed E-state index contributed by atoms with van der Waals surface area (Å²) in [5, 5.41) is 12.9. The zero-order valence-corrected chi connectivity index (χ0v) is 12.9. The fourth-order valence-corrected chi connectivity index (χ4v) is 1.97. The van der Waals surface area contributed by atoms with Crippen LogP contribution in [-0.2, 0) is 11.3 Å². The first-order chi connectivity index (χ1) is 9.97. The number of hydrogen-bond acceptors (Lipinski definition) is 5. The fraction of sp³-hybridized carbons (Fsp3) is 0.500. The minimum Gasteiger partial charge on any atom is -0.493 e. The molecule has 118 valence electrons. The van der Waals surface area contributed by atoms with E-state index in [1.165, 1.54) is 7.11 Å². The second-order valence-corrected chi connectivity index (χ2v) is 4.96. The third kappa shape index (κ3) is 5.79. The molecule has 0 bridgehead atoms. The van der Waals surface area contributed by atoms with Crippen LogP contribution >= 0.6 is 11.6 Å². The number of benzene rings is 1. The molecule has 0 saturated heterocycles. The summed E-state index contributed by atoms with van der Waals surface area (Å²) in [6.07, 6.45) is 0.317. The summed E-state index contributed by atoms with van der Waals surface area (Å²) in [4.78, 5) is 10.8. The number of halogens is 1. The number of aliphatic hydroxyl groups is 1. The predicted molar refractivity (Wildman–Crippen MR) is 80.7 cm³/mol. The first-order valence-electron chi connectivity index (χ1n) is 6.64. The topological polar surface area (TPSA) is 93.8 Å². The highest BCUT2D eigenvalue weighted by atomic mass is 35.5. The van der Waals surface area contributed by atoms with E-state index in [4.69, 9.17) is 26.8 Å². The van der Waals surface area contributed by atoms with E-state index in [1.807, 2.05) is 6.92 Å². The summed E-state index contributed by atoms with van der Waals surface area (Å²) < 4.78 is 10.5. The Morgan fingerprint density at radius 3 is 2.81 bits per heavy atom. The lowest BCUT2D eigenvalue weighted by Gasteiger charge is -2.14. The number of nitrogens with one attached hydrogen (secondary N) is 1. The Labute approximate surface area is 129 Å². The summed E-state index contributed by atoms with van der Waals surface area (Å²) >= 11 is 6.13. The molecular weight excluding hydrogens is 296 g/mol. The number of carbonyl (C=O) groups excluding carboxylic acids is 1. The molecule has 1 amide bonds. The summed E-state index contributed by atoms with van der Waals surface area (Å²) in [6.45, 7) is 2.67. The molecule has 0 aliphatic rings. The van der Waals surface area contributed by atoms with Crippen molar-refractivity contribution in [3.05, 3.63) is 22.7 Å². The molecule has 0 aromatic heterocycles. The third-order valence-electron chi connectivity index (χ3n) is 2.83. The minimum absolute atomic E-state index is 0.267. The normalized spacial score (nSPS) is 12.0. The van der Waals surface area contributed by atoms with Crippen LogP contribution in [0, 0.1) is 0 Å². The molecule has 21 heavy (non-hydrogen) atoms.